The lowest BCUT2D eigenvalue weighted by atomic mass is 10.0. The van der Waals surface area contributed by atoms with E-state index in [9.17, 15) is 8.42 Å². The minimum absolute atomic E-state index is 0.349. The van der Waals surface area contributed by atoms with E-state index in [1.807, 2.05) is 0 Å². The van der Waals surface area contributed by atoms with Gasteiger partial charge in [0.25, 0.3) is 0 Å². The predicted molar refractivity (Wildman–Crippen MR) is 77.7 cm³/mol. The zero-order valence-corrected chi connectivity index (χ0v) is 13.2. The fraction of sp³-hybridized carbons (Fsp3) is 1.00. The van der Waals surface area contributed by atoms with Crippen molar-refractivity contribution in [1.82, 2.24) is 9.62 Å². The molecule has 0 bridgehead atoms. The molecule has 1 N–H and O–H groups in total. The summed E-state index contributed by atoms with van der Waals surface area (Å²) in [6, 6.07) is 0.515. The molecular formula is C13H28N2O3S. The van der Waals surface area contributed by atoms with E-state index in [2.05, 4.69) is 19.2 Å². The van der Waals surface area contributed by atoms with Gasteiger partial charge in [-0.25, -0.2) is 12.7 Å². The van der Waals surface area contributed by atoms with Gasteiger partial charge in [-0.1, -0.05) is 13.8 Å². The van der Waals surface area contributed by atoms with Gasteiger partial charge in [-0.3, -0.25) is 0 Å². The SMILES string of the molecule is CC(C)NCCCOCC1CCCN(S(C)(=O)=O)C1. The van der Waals surface area contributed by atoms with Crippen LogP contribution in [0.1, 0.15) is 33.1 Å². The summed E-state index contributed by atoms with van der Waals surface area (Å²) in [6.45, 7) is 7.92. The van der Waals surface area contributed by atoms with Crippen LogP contribution in [0.4, 0.5) is 0 Å². The average molecular weight is 292 g/mol. The Labute approximate surface area is 117 Å². The molecule has 0 aliphatic carbocycles. The Kier molecular flexibility index (Phi) is 7.28. The van der Waals surface area contributed by atoms with Crippen molar-refractivity contribution in [2.45, 2.75) is 39.2 Å². The summed E-state index contributed by atoms with van der Waals surface area (Å²) in [4.78, 5) is 0. The molecule has 0 aromatic carbocycles. The maximum Gasteiger partial charge on any atom is 0.211 e. The molecule has 0 aromatic heterocycles. The maximum absolute atomic E-state index is 11.5. The Morgan fingerprint density at radius 3 is 2.79 bits per heavy atom. The fourth-order valence-electron chi connectivity index (χ4n) is 2.28. The lowest BCUT2D eigenvalue weighted by Crippen LogP contribution is -2.40. The van der Waals surface area contributed by atoms with Crippen molar-refractivity contribution < 1.29 is 13.2 Å². The van der Waals surface area contributed by atoms with Crippen LogP contribution in [0, 0.1) is 5.92 Å². The lowest BCUT2D eigenvalue weighted by Gasteiger charge is -2.30. The van der Waals surface area contributed by atoms with Gasteiger partial charge < -0.3 is 10.1 Å². The molecule has 1 rings (SSSR count). The molecule has 0 spiro atoms. The first-order valence-electron chi connectivity index (χ1n) is 7.16. The van der Waals surface area contributed by atoms with Gasteiger partial charge in [0.05, 0.1) is 12.9 Å². The van der Waals surface area contributed by atoms with Crippen molar-refractivity contribution in [3.63, 3.8) is 0 Å². The van der Waals surface area contributed by atoms with Crippen LogP contribution in [-0.2, 0) is 14.8 Å². The van der Waals surface area contributed by atoms with E-state index < -0.39 is 10.0 Å². The lowest BCUT2D eigenvalue weighted by molar-refractivity contribution is 0.0763. The highest BCUT2D eigenvalue weighted by Gasteiger charge is 2.25. The molecule has 19 heavy (non-hydrogen) atoms. The molecule has 1 aliphatic rings. The molecule has 0 saturated carbocycles. The molecule has 1 aliphatic heterocycles. The van der Waals surface area contributed by atoms with Crippen LogP contribution in [0.3, 0.4) is 0 Å². The monoisotopic (exact) mass is 292 g/mol. The van der Waals surface area contributed by atoms with Gasteiger partial charge >= 0.3 is 0 Å². The third-order valence-electron chi connectivity index (χ3n) is 3.32. The van der Waals surface area contributed by atoms with E-state index in [0.29, 0.717) is 31.7 Å². The van der Waals surface area contributed by atoms with Crippen LogP contribution in [0.15, 0.2) is 0 Å². The van der Waals surface area contributed by atoms with Crippen molar-refractivity contribution in [3.05, 3.63) is 0 Å². The van der Waals surface area contributed by atoms with Crippen molar-refractivity contribution in [2.24, 2.45) is 5.92 Å². The number of piperidine rings is 1. The molecule has 5 nitrogen and oxygen atoms in total. The van der Waals surface area contributed by atoms with Crippen LogP contribution < -0.4 is 5.32 Å². The quantitative estimate of drug-likeness (QED) is 0.680. The summed E-state index contributed by atoms with van der Waals surface area (Å²) >= 11 is 0. The van der Waals surface area contributed by atoms with Gasteiger partial charge in [0.15, 0.2) is 0 Å². The highest BCUT2D eigenvalue weighted by atomic mass is 32.2. The van der Waals surface area contributed by atoms with E-state index in [4.69, 9.17) is 4.74 Å². The van der Waals surface area contributed by atoms with E-state index in [-0.39, 0.29) is 0 Å². The van der Waals surface area contributed by atoms with Crippen molar-refractivity contribution in [2.75, 3.05) is 39.1 Å². The van der Waals surface area contributed by atoms with Crippen molar-refractivity contribution in [1.29, 1.82) is 0 Å². The van der Waals surface area contributed by atoms with Crippen LogP contribution in [-0.4, -0.2) is 57.9 Å². The zero-order valence-electron chi connectivity index (χ0n) is 12.4. The van der Waals surface area contributed by atoms with E-state index in [0.717, 1.165) is 32.4 Å². The predicted octanol–water partition coefficient (Wildman–Crippen LogP) is 1.06. The second-order valence-corrected chi connectivity index (χ2v) is 7.65. The Morgan fingerprint density at radius 1 is 1.42 bits per heavy atom. The average Bonchev–Trinajstić information content (AvgIpc) is 2.32. The molecule has 1 unspecified atom stereocenters. The number of nitrogens with one attached hydrogen (secondary N) is 1. The summed E-state index contributed by atoms with van der Waals surface area (Å²) in [6.07, 6.45) is 4.29. The molecule has 1 saturated heterocycles. The number of hydrogen-bond donors (Lipinski definition) is 1. The third kappa shape index (κ3) is 7.25. The Balaban J connectivity index is 2.13. The summed E-state index contributed by atoms with van der Waals surface area (Å²) in [5, 5.41) is 3.34. The number of ether oxygens (including phenoxy) is 1. The maximum atomic E-state index is 11.5. The van der Waals surface area contributed by atoms with Gasteiger partial charge in [-0.2, -0.15) is 0 Å². The minimum Gasteiger partial charge on any atom is -0.381 e. The summed E-state index contributed by atoms with van der Waals surface area (Å²) in [7, 11) is -3.04. The highest BCUT2D eigenvalue weighted by molar-refractivity contribution is 7.88. The normalized spacial score (nSPS) is 22.0. The van der Waals surface area contributed by atoms with Crippen LogP contribution in [0.2, 0.25) is 0 Å². The Hall–Kier alpha value is -0.170. The highest BCUT2D eigenvalue weighted by Crippen LogP contribution is 2.18. The molecule has 1 fully saturated rings. The van der Waals surface area contributed by atoms with Crippen molar-refractivity contribution >= 4 is 10.0 Å². The van der Waals surface area contributed by atoms with Gasteiger partial charge in [0.2, 0.25) is 10.0 Å². The molecule has 1 atom stereocenters. The van der Waals surface area contributed by atoms with Gasteiger partial charge in [0.1, 0.15) is 0 Å². The number of sulfonamides is 1. The summed E-state index contributed by atoms with van der Waals surface area (Å²) in [5.41, 5.74) is 0. The first-order valence-corrected chi connectivity index (χ1v) is 9.00. The van der Waals surface area contributed by atoms with Gasteiger partial charge in [-0.05, 0) is 31.7 Å². The minimum atomic E-state index is -3.04. The molecule has 6 heteroatoms. The second kappa shape index (κ2) is 8.19. The smallest absolute Gasteiger partial charge is 0.211 e. The standard InChI is InChI=1S/C13H28N2O3S/c1-12(2)14-7-5-9-18-11-13-6-4-8-15(10-13)19(3,16)17/h12-14H,4-11H2,1-3H3. The Bertz CT molecular complexity index is 344. The summed E-state index contributed by atoms with van der Waals surface area (Å²) in [5.74, 6) is 0.349. The molecule has 1 heterocycles. The van der Waals surface area contributed by atoms with Gasteiger partial charge in [0, 0.05) is 25.7 Å². The second-order valence-electron chi connectivity index (χ2n) is 5.67. The van der Waals surface area contributed by atoms with E-state index in [1.54, 1.807) is 4.31 Å². The first-order chi connectivity index (χ1) is 8.89. The fourth-order valence-corrected chi connectivity index (χ4v) is 3.22. The topological polar surface area (TPSA) is 58.6 Å². The molecule has 114 valence electrons. The van der Waals surface area contributed by atoms with Gasteiger partial charge in [-0.15, -0.1) is 0 Å². The van der Waals surface area contributed by atoms with Crippen LogP contribution >= 0.6 is 0 Å². The van der Waals surface area contributed by atoms with E-state index in [1.165, 1.54) is 6.26 Å². The summed E-state index contributed by atoms with van der Waals surface area (Å²) < 4.78 is 30.2. The largest absolute Gasteiger partial charge is 0.381 e. The van der Waals surface area contributed by atoms with Crippen LogP contribution in [0.25, 0.3) is 0 Å². The van der Waals surface area contributed by atoms with E-state index >= 15 is 0 Å². The number of nitrogens with zero attached hydrogens (tertiary/aromatic N) is 1. The molecule has 0 aromatic rings. The van der Waals surface area contributed by atoms with Crippen LogP contribution in [0.5, 0.6) is 0 Å². The first kappa shape index (κ1) is 16.9. The third-order valence-corrected chi connectivity index (χ3v) is 4.59. The number of hydrogen-bond acceptors (Lipinski definition) is 4. The van der Waals surface area contributed by atoms with Crippen molar-refractivity contribution in [3.8, 4) is 0 Å². The number of rotatable bonds is 8. The molecule has 0 amide bonds. The Morgan fingerprint density at radius 2 is 2.16 bits per heavy atom. The molecular weight excluding hydrogens is 264 g/mol. The zero-order chi connectivity index (χ0) is 14.3. The molecule has 0 radical (unpaired) electrons.